The zero-order valence-corrected chi connectivity index (χ0v) is 17.8. The van der Waals surface area contributed by atoms with Crippen molar-refractivity contribution >= 4 is 5.91 Å². The van der Waals surface area contributed by atoms with E-state index < -0.39 is 17.8 Å². The molecule has 1 aromatic heterocycles. The summed E-state index contributed by atoms with van der Waals surface area (Å²) < 4.78 is 41.1. The van der Waals surface area contributed by atoms with E-state index in [9.17, 15) is 18.0 Å². The number of halogens is 3. The third-order valence-electron chi connectivity index (χ3n) is 5.54. The van der Waals surface area contributed by atoms with E-state index in [4.69, 9.17) is 0 Å². The van der Waals surface area contributed by atoms with E-state index in [-0.39, 0.29) is 5.69 Å². The predicted octanol–water partition coefficient (Wildman–Crippen LogP) is 3.51. The molecule has 3 rings (SSSR count). The number of aromatic nitrogens is 2. The normalized spacial score (nSPS) is 15.2. The quantitative estimate of drug-likeness (QED) is 0.525. The Bertz CT molecular complexity index is 859. The van der Waals surface area contributed by atoms with Gasteiger partial charge < -0.3 is 16.0 Å². The van der Waals surface area contributed by atoms with Gasteiger partial charge in [0, 0.05) is 32.2 Å². The minimum atomic E-state index is -4.63. The third-order valence-corrected chi connectivity index (χ3v) is 5.54. The van der Waals surface area contributed by atoms with E-state index in [1.165, 1.54) is 6.42 Å². The summed E-state index contributed by atoms with van der Waals surface area (Å²) in [5.74, 6) is -0.158. The number of hydrogen-bond acceptors (Lipinski definition) is 4. The molecule has 9 heteroatoms. The summed E-state index contributed by atoms with van der Waals surface area (Å²) in [5, 5.41) is 12.8. The van der Waals surface area contributed by atoms with E-state index in [0.717, 1.165) is 55.1 Å². The fourth-order valence-corrected chi connectivity index (χ4v) is 3.84. The van der Waals surface area contributed by atoms with Crippen LogP contribution in [0.5, 0.6) is 0 Å². The molecule has 3 N–H and O–H groups in total. The highest BCUT2D eigenvalue weighted by atomic mass is 19.4. The van der Waals surface area contributed by atoms with Crippen LogP contribution in [0.2, 0.25) is 0 Å². The SMILES string of the molecule is CNCCNCc1cccc(-n2nc(C(F)(F)F)cc2C(=O)NCC2CCCCC2)c1. The van der Waals surface area contributed by atoms with Crippen molar-refractivity contribution in [3.05, 3.63) is 47.3 Å². The molecular formula is C22H30F3N5O. The minimum absolute atomic E-state index is 0.108. The number of amides is 1. The van der Waals surface area contributed by atoms with Crippen molar-refractivity contribution in [1.29, 1.82) is 0 Å². The second kappa shape index (κ2) is 10.8. The third kappa shape index (κ3) is 6.54. The largest absolute Gasteiger partial charge is 0.435 e. The summed E-state index contributed by atoms with van der Waals surface area (Å²) in [4.78, 5) is 12.8. The van der Waals surface area contributed by atoms with Gasteiger partial charge in [-0.2, -0.15) is 18.3 Å². The Labute approximate surface area is 180 Å². The van der Waals surface area contributed by atoms with Crippen LogP contribution in [0.3, 0.4) is 0 Å². The molecule has 0 saturated heterocycles. The first-order valence-corrected chi connectivity index (χ1v) is 10.8. The molecule has 170 valence electrons. The first-order chi connectivity index (χ1) is 14.9. The Morgan fingerprint density at radius 2 is 1.94 bits per heavy atom. The van der Waals surface area contributed by atoms with Crippen LogP contribution in [-0.2, 0) is 12.7 Å². The first-order valence-electron chi connectivity index (χ1n) is 10.8. The molecular weight excluding hydrogens is 407 g/mol. The lowest BCUT2D eigenvalue weighted by Gasteiger charge is -2.21. The molecule has 0 unspecified atom stereocenters. The van der Waals surface area contributed by atoms with Crippen LogP contribution in [0.4, 0.5) is 13.2 Å². The summed E-state index contributed by atoms with van der Waals surface area (Å²) in [6, 6.07) is 7.86. The lowest BCUT2D eigenvalue weighted by atomic mass is 9.89. The van der Waals surface area contributed by atoms with Gasteiger partial charge >= 0.3 is 6.18 Å². The lowest BCUT2D eigenvalue weighted by Crippen LogP contribution is -2.31. The van der Waals surface area contributed by atoms with Gasteiger partial charge in [-0.25, -0.2) is 4.68 Å². The first kappa shape index (κ1) is 23.3. The Morgan fingerprint density at radius 1 is 1.16 bits per heavy atom. The van der Waals surface area contributed by atoms with Gasteiger partial charge in [0.05, 0.1) is 5.69 Å². The van der Waals surface area contributed by atoms with Gasteiger partial charge in [-0.3, -0.25) is 4.79 Å². The summed E-state index contributed by atoms with van der Waals surface area (Å²) in [6.07, 6.45) is 0.909. The van der Waals surface area contributed by atoms with Gasteiger partial charge in [-0.15, -0.1) is 0 Å². The van der Waals surface area contributed by atoms with E-state index in [1.54, 1.807) is 18.2 Å². The van der Waals surface area contributed by atoms with Gasteiger partial charge in [0.25, 0.3) is 5.91 Å². The molecule has 0 radical (unpaired) electrons. The molecule has 1 saturated carbocycles. The Hall–Kier alpha value is -2.39. The molecule has 0 aliphatic heterocycles. The molecule has 31 heavy (non-hydrogen) atoms. The maximum absolute atomic E-state index is 13.3. The number of rotatable bonds is 9. The van der Waals surface area contributed by atoms with Crippen molar-refractivity contribution in [2.24, 2.45) is 5.92 Å². The molecule has 6 nitrogen and oxygen atoms in total. The van der Waals surface area contributed by atoms with Crippen LogP contribution in [0, 0.1) is 5.92 Å². The maximum Gasteiger partial charge on any atom is 0.435 e. The van der Waals surface area contributed by atoms with Crippen molar-refractivity contribution in [1.82, 2.24) is 25.7 Å². The number of carbonyl (C=O) groups is 1. The molecule has 0 bridgehead atoms. The molecule has 1 aliphatic carbocycles. The van der Waals surface area contributed by atoms with Crippen molar-refractivity contribution in [3.8, 4) is 5.69 Å². The van der Waals surface area contributed by atoms with Gasteiger partial charge in [-0.05, 0) is 43.5 Å². The lowest BCUT2D eigenvalue weighted by molar-refractivity contribution is -0.141. The van der Waals surface area contributed by atoms with Crippen molar-refractivity contribution in [2.75, 3.05) is 26.7 Å². The van der Waals surface area contributed by atoms with E-state index in [1.807, 2.05) is 13.1 Å². The van der Waals surface area contributed by atoms with Crippen LogP contribution in [0.1, 0.15) is 53.8 Å². The summed E-state index contributed by atoms with van der Waals surface area (Å²) in [7, 11) is 1.86. The highest BCUT2D eigenvalue weighted by Gasteiger charge is 2.36. The summed E-state index contributed by atoms with van der Waals surface area (Å²) in [6.45, 7) is 2.60. The highest BCUT2D eigenvalue weighted by molar-refractivity contribution is 5.93. The Balaban J connectivity index is 1.80. The number of likely N-dealkylation sites (N-methyl/N-ethyl adjacent to an activating group) is 1. The van der Waals surface area contributed by atoms with E-state index in [0.29, 0.717) is 24.7 Å². The fourth-order valence-electron chi connectivity index (χ4n) is 3.84. The van der Waals surface area contributed by atoms with Crippen LogP contribution < -0.4 is 16.0 Å². The van der Waals surface area contributed by atoms with Gasteiger partial charge in [-0.1, -0.05) is 31.4 Å². The molecule has 1 heterocycles. The molecule has 0 spiro atoms. The predicted molar refractivity (Wildman–Crippen MR) is 113 cm³/mol. The fraction of sp³-hybridized carbons (Fsp3) is 0.545. The molecule has 1 fully saturated rings. The second-order valence-corrected chi connectivity index (χ2v) is 7.99. The molecule has 2 aromatic rings. The molecule has 1 amide bonds. The molecule has 1 aliphatic rings. The molecule has 0 atom stereocenters. The van der Waals surface area contributed by atoms with E-state index >= 15 is 0 Å². The minimum Gasteiger partial charge on any atom is -0.350 e. The number of carbonyl (C=O) groups excluding carboxylic acids is 1. The van der Waals surface area contributed by atoms with Crippen molar-refractivity contribution in [2.45, 2.75) is 44.8 Å². The summed E-state index contributed by atoms with van der Waals surface area (Å²) in [5.41, 5.74) is 0.133. The second-order valence-electron chi connectivity index (χ2n) is 7.99. The number of hydrogen-bond donors (Lipinski definition) is 3. The Kier molecular flexibility index (Phi) is 8.09. The van der Waals surface area contributed by atoms with E-state index in [2.05, 4.69) is 21.0 Å². The van der Waals surface area contributed by atoms with Crippen LogP contribution >= 0.6 is 0 Å². The van der Waals surface area contributed by atoms with Crippen molar-refractivity contribution in [3.63, 3.8) is 0 Å². The van der Waals surface area contributed by atoms with Gasteiger partial charge in [0.1, 0.15) is 5.69 Å². The highest BCUT2D eigenvalue weighted by Crippen LogP contribution is 2.30. The topological polar surface area (TPSA) is 71.0 Å². The van der Waals surface area contributed by atoms with Crippen LogP contribution in [0.25, 0.3) is 5.69 Å². The van der Waals surface area contributed by atoms with Gasteiger partial charge in [0.15, 0.2) is 5.69 Å². The number of nitrogens with one attached hydrogen (secondary N) is 3. The Morgan fingerprint density at radius 3 is 2.65 bits per heavy atom. The summed E-state index contributed by atoms with van der Waals surface area (Å²) >= 11 is 0. The zero-order valence-electron chi connectivity index (χ0n) is 17.8. The maximum atomic E-state index is 13.3. The van der Waals surface area contributed by atoms with Crippen molar-refractivity contribution < 1.29 is 18.0 Å². The zero-order chi connectivity index (χ0) is 22.3. The monoisotopic (exact) mass is 437 g/mol. The number of alkyl halides is 3. The van der Waals surface area contributed by atoms with Gasteiger partial charge in [0.2, 0.25) is 0 Å². The smallest absolute Gasteiger partial charge is 0.350 e. The average molecular weight is 438 g/mol. The van der Waals surface area contributed by atoms with Crippen LogP contribution in [0.15, 0.2) is 30.3 Å². The standard InChI is InChI=1S/C22H30F3N5O/c1-26-10-11-27-14-17-8-5-9-18(12-17)30-19(13-20(29-30)22(23,24)25)21(31)28-15-16-6-3-2-4-7-16/h5,8-9,12-13,16,26-27H,2-4,6-7,10-11,14-15H2,1H3,(H,28,31). The van der Waals surface area contributed by atoms with Crippen LogP contribution in [-0.4, -0.2) is 42.4 Å². The number of nitrogens with zero attached hydrogens (tertiary/aromatic N) is 2. The molecule has 1 aromatic carbocycles. The number of benzene rings is 1. The average Bonchev–Trinajstić information content (AvgIpc) is 3.22.